The third-order valence-electron chi connectivity index (χ3n) is 9.96. The number of ether oxygens (including phenoxy) is 3. The number of carbonyl (C=O) groups is 2. The van der Waals surface area contributed by atoms with E-state index in [2.05, 4.69) is 68.6 Å². The number of hydrogen-bond acceptors (Lipinski definition) is 11. The van der Waals surface area contributed by atoms with Gasteiger partial charge in [0.15, 0.2) is 5.75 Å². The molecule has 0 bridgehead atoms. The Kier molecular flexibility index (Phi) is 13.9. The molecule has 0 atom stereocenters. The van der Waals surface area contributed by atoms with Crippen LogP contribution in [0.1, 0.15) is 43.1 Å². The van der Waals surface area contributed by atoms with Crippen LogP contribution in [0.5, 0.6) is 23.0 Å². The average Bonchev–Trinajstić information content (AvgIpc) is 3.42. The van der Waals surface area contributed by atoms with Crippen molar-refractivity contribution in [1.82, 2.24) is 20.1 Å². The molecule has 5 N–H and O–H groups in total. The van der Waals surface area contributed by atoms with E-state index in [-0.39, 0.29) is 11.3 Å². The van der Waals surface area contributed by atoms with Gasteiger partial charge in [-0.2, -0.15) is 0 Å². The largest absolute Gasteiger partial charge is 0.496 e. The van der Waals surface area contributed by atoms with E-state index in [0.29, 0.717) is 58.0 Å². The Morgan fingerprint density at radius 2 is 1.60 bits per heavy atom. The number of nitrogens with one attached hydrogen (secondary N) is 5. The molecule has 1 aromatic heterocycles. The van der Waals surface area contributed by atoms with Gasteiger partial charge in [-0.05, 0) is 80.0 Å². The normalized spacial score (nSPS) is 13.6. The Morgan fingerprint density at radius 3 is 2.36 bits per heavy atom. The summed E-state index contributed by atoms with van der Waals surface area (Å²) >= 11 is 1.45. The summed E-state index contributed by atoms with van der Waals surface area (Å²) in [7, 11) is 5.29. The third kappa shape index (κ3) is 10.6. The van der Waals surface area contributed by atoms with Gasteiger partial charge in [0.1, 0.15) is 23.1 Å². The molecule has 14 heteroatoms. The van der Waals surface area contributed by atoms with Crippen molar-refractivity contribution in [1.29, 1.82) is 0 Å². The van der Waals surface area contributed by atoms with E-state index in [9.17, 15) is 9.59 Å². The lowest BCUT2D eigenvalue weighted by atomic mass is 9.86. The van der Waals surface area contributed by atoms with Gasteiger partial charge in [0, 0.05) is 67.2 Å². The summed E-state index contributed by atoms with van der Waals surface area (Å²) in [5, 5.41) is 14.0. The first kappa shape index (κ1) is 41.9. The highest BCUT2D eigenvalue weighted by Crippen LogP contribution is 2.40. The first-order valence-electron chi connectivity index (χ1n) is 19.3. The lowest BCUT2D eigenvalue weighted by Crippen LogP contribution is -2.37. The summed E-state index contributed by atoms with van der Waals surface area (Å²) in [5.41, 5.74) is 3.99. The standard InChI is InChI=1S/C44H54N8O5S/c1-44(2,3)29-25-36(41(56-6)37(26-29)50-58-7)49-43(54)48-35-15-16-38(33-12-9-8-11-32(33)35)57-31-17-18-45-40(28-31)47-30-13-14-34(39(27-30)55-5)42(53)46-19-22-52-21-10-20-51(4)23-24-52/h8-9,11-18,25-28,50H,10,19-24H2,1-7H3,(H,45,47)(H,46,53)(H2,48,49,54). The molecule has 6 rings (SSSR count). The lowest BCUT2D eigenvalue weighted by Gasteiger charge is -2.24. The first-order valence-corrected chi connectivity index (χ1v) is 20.6. The van der Waals surface area contributed by atoms with Gasteiger partial charge in [0.05, 0.1) is 36.8 Å². The molecule has 13 nitrogen and oxygen atoms in total. The van der Waals surface area contributed by atoms with Crippen LogP contribution in [-0.4, -0.2) is 93.5 Å². The second kappa shape index (κ2) is 19.2. The van der Waals surface area contributed by atoms with Crippen molar-refractivity contribution in [2.24, 2.45) is 0 Å². The average molecular weight is 807 g/mol. The number of benzene rings is 4. The van der Waals surface area contributed by atoms with Crippen LogP contribution in [0.15, 0.2) is 85.1 Å². The molecule has 0 spiro atoms. The molecule has 4 aromatic carbocycles. The molecule has 0 unspecified atom stereocenters. The van der Waals surface area contributed by atoms with Crippen molar-refractivity contribution >= 4 is 63.2 Å². The Balaban J connectivity index is 1.12. The van der Waals surface area contributed by atoms with Crippen molar-refractivity contribution in [2.75, 3.05) is 87.5 Å². The fourth-order valence-corrected chi connectivity index (χ4v) is 7.20. The minimum absolute atomic E-state index is 0.158. The lowest BCUT2D eigenvalue weighted by molar-refractivity contribution is 0.0945. The first-order chi connectivity index (χ1) is 27.9. The quantitative estimate of drug-likeness (QED) is 0.0688. The minimum Gasteiger partial charge on any atom is -0.496 e. The second-order valence-electron chi connectivity index (χ2n) is 15.2. The molecule has 1 aliphatic rings. The van der Waals surface area contributed by atoms with Gasteiger partial charge in [-0.25, -0.2) is 9.78 Å². The van der Waals surface area contributed by atoms with Crippen LogP contribution in [0.2, 0.25) is 0 Å². The van der Waals surface area contributed by atoms with Crippen molar-refractivity contribution in [3.05, 3.63) is 96.2 Å². The van der Waals surface area contributed by atoms with E-state index in [1.165, 1.54) is 11.9 Å². The maximum absolute atomic E-state index is 13.5. The zero-order valence-electron chi connectivity index (χ0n) is 34.3. The number of urea groups is 1. The van der Waals surface area contributed by atoms with Gasteiger partial charge >= 0.3 is 6.03 Å². The number of nitrogens with zero attached hydrogens (tertiary/aromatic N) is 3. The van der Waals surface area contributed by atoms with E-state index >= 15 is 0 Å². The number of likely N-dealkylation sites (N-methyl/N-ethyl adjacent to an activating group) is 1. The van der Waals surface area contributed by atoms with Crippen LogP contribution in [0.3, 0.4) is 0 Å². The fraction of sp³-hybridized carbons (Fsp3) is 0.341. The van der Waals surface area contributed by atoms with E-state index in [0.717, 1.165) is 61.2 Å². The summed E-state index contributed by atoms with van der Waals surface area (Å²) < 4.78 is 21.0. The molecule has 306 valence electrons. The van der Waals surface area contributed by atoms with Crippen molar-refractivity contribution in [3.63, 3.8) is 0 Å². The van der Waals surface area contributed by atoms with Crippen LogP contribution in [0.4, 0.5) is 33.4 Å². The van der Waals surface area contributed by atoms with Gasteiger partial charge in [-0.15, -0.1) is 0 Å². The Labute approximate surface area is 345 Å². The molecule has 5 aromatic rings. The predicted molar refractivity (Wildman–Crippen MR) is 237 cm³/mol. The number of carbonyl (C=O) groups excluding carboxylic acids is 2. The number of amides is 3. The molecule has 0 saturated carbocycles. The number of rotatable bonds is 14. The Bertz CT molecular complexity index is 2230. The number of fused-ring (bicyclic) bond motifs is 1. The van der Waals surface area contributed by atoms with Crippen LogP contribution >= 0.6 is 11.9 Å². The highest BCUT2D eigenvalue weighted by Gasteiger charge is 2.22. The summed E-state index contributed by atoms with van der Waals surface area (Å²) in [5.74, 6) is 2.52. The molecule has 3 amide bonds. The molecule has 0 radical (unpaired) electrons. The molecule has 1 fully saturated rings. The minimum atomic E-state index is -0.412. The molecular formula is C44H54N8O5S. The van der Waals surface area contributed by atoms with Crippen molar-refractivity contribution < 1.29 is 23.8 Å². The van der Waals surface area contributed by atoms with Gasteiger partial charge in [0.2, 0.25) is 0 Å². The maximum atomic E-state index is 13.5. The monoisotopic (exact) mass is 806 g/mol. The van der Waals surface area contributed by atoms with Crippen LogP contribution in [0, 0.1) is 0 Å². The van der Waals surface area contributed by atoms with E-state index < -0.39 is 6.03 Å². The highest BCUT2D eigenvalue weighted by molar-refractivity contribution is 7.99. The van der Waals surface area contributed by atoms with E-state index in [1.54, 1.807) is 44.7 Å². The topological polar surface area (TPSA) is 141 Å². The number of anilines is 5. The van der Waals surface area contributed by atoms with Gasteiger partial charge in [-0.3, -0.25) is 4.79 Å². The number of hydrogen-bond donors (Lipinski definition) is 5. The third-order valence-corrected chi connectivity index (χ3v) is 10.4. The summed E-state index contributed by atoms with van der Waals surface area (Å²) in [6, 6.07) is 23.9. The molecule has 1 aliphatic heterocycles. The van der Waals surface area contributed by atoms with Crippen LogP contribution in [-0.2, 0) is 5.41 Å². The van der Waals surface area contributed by atoms with Gasteiger partial charge in [-0.1, -0.05) is 57.0 Å². The fourth-order valence-electron chi connectivity index (χ4n) is 6.83. The number of methoxy groups -OCH3 is 2. The van der Waals surface area contributed by atoms with Crippen molar-refractivity contribution in [3.8, 4) is 23.0 Å². The van der Waals surface area contributed by atoms with E-state index in [1.807, 2.05) is 60.9 Å². The summed E-state index contributed by atoms with van der Waals surface area (Å²) in [4.78, 5) is 35.8. The van der Waals surface area contributed by atoms with Gasteiger partial charge < -0.3 is 50.0 Å². The zero-order valence-corrected chi connectivity index (χ0v) is 35.1. The summed E-state index contributed by atoms with van der Waals surface area (Å²) in [6.45, 7) is 11.9. The number of aromatic nitrogens is 1. The highest BCUT2D eigenvalue weighted by atomic mass is 32.2. The molecule has 58 heavy (non-hydrogen) atoms. The second-order valence-corrected chi connectivity index (χ2v) is 15.8. The number of pyridine rings is 1. The molecular weight excluding hydrogens is 753 g/mol. The molecule has 1 saturated heterocycles. The van der Waals surface area contributed by atoms with E-state index in [4.69, 9.17) is 14.2 Å². The van der Waals surface area contributed by atoms with Crippen molar-refractivity contribution in [2.45, 2.75) is 32.6 Å². The van der Waals surface area contributed by atoms with Gasteiger partial charge in [0.25, 0.3) is 5.91 Å². The van der Waals surface area contributed by atoms with Crippen LogP contribution in [0.25, 0.3) is 10.8 Å². The zero-order chi connectivity index (χ0) is 41.2. The molecule has 0 aliphatic carbocycles. The van der Waals surface area contributed by atoms with Crippen LogP contribution < -0.4 is 40.2 Å². The Morgan fingerprint density at radius 1 is 0.828 bits per heavy atom. The SMILES string of the molecule is COc1cc(Nc2cc(Oc3ccc(NC(=O)Nc4cc(C(C)(C)C)cc(NSC)c4OC)c4ccccc34)ccn2)ccc1C(=O)NCCN1CCCN(C)CC1. The Hall–Kier alpha value is -5.70. The summed E-state index contributed by atoms with van der Waals surface area (Å²) in [6.07, 6.45) is 4.72. The molecule has 2 heterocycles. The smallest absolute Gasteiger partial charge is 0.323 e. The predicted octanol–water partition coefficient (Wildman–Crippen LogP) is 8.79. The maximum Gasteiger partial charge on any atom is 0.323 e.